The molecule has 5 heteroatoms. The molecule has 1 unspecified atom stereocenters. The van der Waals surface area contributed by atoms with Gasteiger partial charge in [-0.3, -0.25) is 0 Å². The van der Waals surface area contributed by atoms with Crippen molar-refractivity contribution in [2.75, 3.05) is 0 Å². The molecule has 1 aromatic heterocycles. The summed E-state index contributed by atoms with van der Waals surface area (Å²) >= 11 is 3.10. The Morgan fingerprint density at radius 2 is 2.11 bits per heavy atom. The molecule has 0 aliphatic carbocycles. The van der Waals surface area contributed by atoms with E-state index < -0.39 is 0 Å². The van der Waals surface area contributed by atoms with E-state index in [4.69, 9.17) is 10.5 Å². The molecular weight excluding hydrogens is 299 g/mol. The number of ether oxygens (including phenoxy) is 1. The summed E-state index contributed by atoms with van der Waals surface area (Å²) in [4.78, 5) is 4.08. The molecule has 0 aliphatic heterocycles. The minimum Gasteiger partial charge on any atom is -0.439 e. The quantitative estimate of drug-likeness (QED) is 0.938. The molecule has 0 fully saturated rings. The first-order valence-electron chi connectivity index (χ1n) is 5.40. The molecule has 0 aliphatic rings. The highest BCUT2D eigenvalue weighted by molar-refractivity contribution is 9.10. The normalized spacial score (nSPS) is 12.2. The average molecular weight is 311 g/mol. The van der Waals surface area contributed by atoms with Gasteiger partial charge >= 0.3 is 0 Å². The van der Waals surface area contributed by atoms with Crippen LogP contribution in [0.3, 0.4) is 0 Å². The molecule has 1 atom stereocenters. The smallest absolute Gasteiger partial charge is 0.219 e. The SMILES string of the molecule is CC(N)c1ccnc(Oc2ccc(F)c(Br)c2)c1. The molecule has 2 aromatic rings. The maximum atomic E-state index is 13.1. The van der Waals surface area contributed by atoms with Crippen molar-refractivity contribution in [1.82, 2.24) is 4.98 Å². The van der Waals surface area contributed by atoms with Gasteiger partial charge in [0.1, 0.15) is 11.6 Å². The number of hydrogen-bond donors (Lipinski definition) is 1. The molecule has 2 rings (SSSR count). The van der Waals surface area contributed by atoms with Crippen LogP contribution in [0.4, 0.5) is 4.39 Å². The highest BCUT2D eigenvalue weighted by atomic mass is 79.9. The number of aromatic nitrogens is 1. The van der Waals surface area contributed by atoms with Crippen LogP contribution in [0.2, 0.25) is 0 Å². The average Bonchev–Trinajstić information content (AvgIpc) is 2.34. The first kappa shape index (κ1) is 13.0. The van der Waals surface area contributed by atoms with Gasteiger partial charge in [0, 0.05) is 18.3 Å². The Balaban J connectivity index is 2.23. The van der Waals surface area contributed by atoms with Gasteiger partial charge in [0.05, 0.1) is 4.47 Å². The maximum Gasteiger partial charge on any atom is 0.219 e. The third-order valence-electron chi connectivity index (χ3n) is 2.40. The zero-order chi connectivity index (χ0) is 13.1. The van der Waals surface area contributed by atoms with Crippen LogP contribution in [0.5, 0.6) is 11.6 Å². The number of benzene rings is 1. The molecular formula is C13H12BrFN2O. The fourth-order valence-corrected chi connectivity index (χ4v) is 1.78. The summed E-state index contributed by atoms with van der Waals surface area (Å²) < 4.78 is 19.0. The molecule has 3 nitrogen and oxygen atoms in total. The topological polar surface area (TPSA) is 48.1 Å². The van der Waals surface area contributed by atoms with Gasteiger partial charge in [-0.1, -0.05) is 0 Å². The molecule has 0 saturated heterocycles. The van der Waals surface area contributed by atoms with Gasteiger partial charge in [0.15, 0.2) is 0 Å². The van der Waals surface area contributed by atoms with E-state index in [1.54, 1.807) is 24.4 Å². The van der Waals surface area contributed by atoms with Crippen molar-refractivity contribution in [1.29, 1.82) is 0 Å². The molecule has 0 bridgehead atoms. The molecule has 94 valence electrons. The van der Waals surface area contributed by atoms with Crippen molar-refractivity contribution in [2.45, 2.75) is 13.0 Å². The standard InChI is InChI=1S/C13H12BrFN2O/c1-8(16)9-4-5-17-13(6-9)18-10-2-3-12(15)11(14)7-10/h2-8H,16H2,1H3. The Labute approximate surface area is 113 Å². The third kappa shape index (κ3) is 3.05. The highest BCUT2D eigenvalue weighted by Gasteiger charge is 2.05. The molecule has 0 radical (unpaired) electrons. The van der Waals surface area contributed by atoms with Crippen LogP contribution >= 0.6 is 15.9 Å². The van der Waals surface area contributed by atoms with Gasteiger partial charge in [0.25, 0.3) is 0 Å². The van der Waals surface area contributed by atoms with Crippen molar-refractivity contribution in [3.05, 3.63) is 52.4 Å². The number of hydrogen-bond acceptors (Lipinski definition) is 3. The van der Waals surface area contributed by atoms with E-state index in [0.717, 1.165) is 5.56 Å². The second kappa shape index (κ2) is 5.46. The number of rotatable bonds is 3. The predicted molar refractivity (Wildman–Crippen MR) is 71.0 cm³/mol. The lowest BCUT2D eigenvalue weighted by atomic mass is 10.1. The molecule has 2 N–H and O–H groups in total. The Morgan fingerprint density at radius 1 is 1.33 bits per heavy atom. The summed E-state index contributed by atoms with van der Waals surface area (Å²) in [5.74, 6) is 0.612. The second-order valence-corrected chi connectivity index (χ2v) is 4.75. The van der Waals surface area contributed by atoms with E-state index in [1.807, 2.05) is 13.0 Å². The monoisotopic (exact) mass is 310 g/mol. The molecule has 0 amide bonds. The van der Waals surface area contributed by atoms with Crippen molar-refractivity contribution in [3.63, 3.8) is 0 Å². The summed E-state index contributed by atoms with van der Waals surface area (Å²) in [6.45, 7) is 1.88. The Morgan fingerprint density at radius 3 is 2.78 bits per heavy atom. The summed E-state index contributed by atoms with van der Waals surface area (Å²) in [5, 5.41) is 0. The summed E-state index contributed by atoms with van der Waals surface area (Å²) in [6.07, 6.45) is 1.63. The molecule has 0 spiro atoms. The largest absolute Gasteiger partial charge is 0.439 e. The summed E-state index contributed by atoms with van der Waals surface area (Å²) in [5.41, 5.74) is 6.71. The first-order valence-corrected chi connectivity index (χ1v) is 6.20. The van der Waals surface area contributed by atoms with E-state index >= 15 is 0 Å². The zero-order valence-corrected chi connectivity index (χ0v) is 11.3. The predicted octanol–water partition coefficient (Wildman–Crippen LogP) is 3.80. The van der Waals surface area contributed by atoms with Gasteiger partial charge in [0.2, 0.25) is 5.88 Å². The van der Waals surface area contributed by atoms with Crippen molar-refractivity contribution in [3.8, 4) is 11.6 Å². The van der Waals surface area contributed by atoms with Crippen LogP contribution in [-0.2, 0) is 0 Å². The van der Waals surface area contributed by atoms with E-state index in [2.05, 4.69) is 20.9 Å². The van der Waals surface area contributed by atoms with E-state index in [-0.39, 0.29) is 11.9 Å². The van der Waals surface area contributed by atoms with Crippen LogP contribution in [0.1, 0.15) is 18.5 Å². The van der Waals surface area contributed by atoms with Gasteiger partial charge in [-0.05, 0) is 52.7 Å². The minimum atomic E-state index is -0.334. The Kier molecular flexibility index (Phi) is 3.93. The Hall–Kier alpha value is -1.46. The molecule has 18 heavy (non-hydrogen) atoms. The fraction of sp³-hybridized carbons (Fsp3) is 0.154. The van der Waals surface area contributed by atoms with E-state index in [9.17, 15) is 4.39 Å². The summed E-state index contributed by atoms with van der Waals surface area (Å²) in [6, 6.07) is 7.93. The molecule has 1 heterocycles. The van der Waals surface area contributed by atoms with Crippen molar-refractivity contribution >= 4 is 15.9 Å². The van der Waals surface area contributed by atoms with Gasteiger partial charge in [-0.15, -0.1) is 0 Å². The highest BCUT2D eigenvalue weighted by Crippen LogP contribution is 2.26. The fourth-order valence-electron chi connectivity index (χ4n) is 1.42. The van der Waals surface area contributed by atoms with E-state index in [1.165, 1.54) is 6.07 Å². The Bertz CT molecular complexity index is 560. The minimum absolute atomic E-state index is 0.0877. The van der Waals surface area contributed by atoms with Crippen LogP contribution in [0.25, 0.3) is 0 Å². The number of nitrogens with zero attached hydrogens (tertiary/aromatic N) is 1. The lowest BCUT2D eigenvalue weighted by molar-refractivity contribution is 0.459. The van der Waals surface area contributed by atoms with E-state index in [0.29, 0.717) is 16.1 Å². The van der Waals surface area contributed by atoms with Crippen LogP contribution < -0.4 is 10.5 Å². The second-order valence-electron chi connectivity index (χ2n) is 3.89. The summed E-state index contributed by atoms with van der Waals surface area (Å²) in [7, 11) is 0. The van der Waals surface area contributed by atoms with Crippen molar-refractivity contribution < 1.29 is 9.13 Å². The van der Waals surface area contributed by atoms with Crippen LogP contribution in [-0.4, -0.2) is 4.98 Å². The van der Waals surface area contributed by atoms with Crippen LogP contribution in [0.15, 0.2) is 41.0 Å². The lowest BCUT2D eigenvalue weighted by Gasteiger charge is -2.09. The number of pyridine rings is 1. The molecule has 1 aromatic carbocycles. The lowest BCUT2D eigenvalue weighted by Crippen LogP contribution is -2.05. The third-order valence-corrected chi connectivity index (χ3v) is 3.01. The van der Waals surface area contributed by atoms with Gasteiger partial charge < -0.3 is 10.5 Å². The zero-order valence-electron chi connectivity index (χ0n) is 9.73. The molecule has 0 saturated carbocycles. The first-order chi connectivity index (χ1) is 8.56. The van der Waals surface area contributed by atoms with Gasteiger partial charge in [-0.25, -0.2) is 9.37 Å². The maximum absolute atomic E-state index is 13.1. The van der Waals surface area contributed by atoms with Gasteiger partial charge in [-0.2, -0.15) is 0 Å². The number of nitrogens with two attached hydrogens (primary N) is 1. The number of halogens is 2. The van der Waals surface area contributed by atoms with Crippen LogP contribution in [0, 0.1) is 5.82 Å². The van der Waals surface area contributed by atoms with Crippen molar-refractivity contribution in [2.24, 2.45) is 5.73 Å².